The number of phosphoric acid groups is 5. The first-order chi connectivity index (χ1) is 13.4. The molecule has 0 spiro atoms. The highest BCUT2D eigenvalue weighted by molar-refractivity contribution is 7.46. The van der Waals surface area contributed by atoms with E-state index >= 15 is 0 Å². The molecule has 17 N–H and O–H groups in total. The third-order valence-corrected chi connectivity index (χ3v) is 1.06. The van der Waals surface area contributed by atoms with Crippen LogP contribution in [0.4, 0.5) is 0 Å². The maximum Gasteiger partial charge on any atom is 0.466 e. The van der Waals surface area contributed by atoms with Gasteiger partial charge in [-0.1, -0.05) is 26.2 Å². The smallest absolute Gasteiger partial charge is 0.330 e. The van der Waals surface area contributed by atoms with Crippen LogP contribution in [0.3, 0.4) is 0 Å². The summed E-state index contributed by atoms with van der Waals surface area (Å²) in [6, 6.07) is 0. The molecule has 0 aromatic heterocycles. The molecule has 0 heterocycles. The van der Waals surface area contributed by atoms with Crippen molar-refractivity contribution in [3.63, 3.8) is 0 Å². The van der Waals surface area contributed by atoms with Crippen LogP contribution in [-0.2, 0) is 22.8 Å². The van der Waals surface area contributed by atoms with Crippen molar-refractivity contribution < 1.29 is 96.2 Å². The first-order valence-electron chi connectivity index (χ1n) is 7.03. The molecule has 0 amide bonds. The van der Waals surface area contributed by atoms with Gasteiger partial charge in [0.2, 0.25) is 0 Å². The number of hydrogen-bond acceptors (Lipinski definition) is 6. The fourth-order valence-corrected chi connectivity index (χ4v) is 0.571. The van der Waals surface area contributed by atoms with E-state index in [0.29, 0.717) is 0 Å². The Labute approximate surface area is 181 Å². The van der Waals surface area contributed by atoms with Crippen molar-refractivity contribution in [2.24, 2.45) is 5.73 Å². The zero-order valence-corrected chi connectivity index (χ0v) is 20.6. The Hall–Kier alpha value is 0.510. The molecule has 0 radical (unpaired) electrons. The Kier molecular flexibility index (Phi) is 33.4. The molecular formula is C6H30NO20P5. The highest BCUT2D eigenvalue weighted by atomic mass is 31.2. The van der Waals surface area contributed by atoms with E-state index in [1.807, 2.05) is 0 Å². The summed E-state index contributed by atoms with van der Waals surface area (Å²) in [5, 5.41) is 0. The molecule has 0 aliphatic rings. The van der Waals surface area contributed by atoms with Gasteiger partial charge in [0.15, 0.2) is 0 Å². The van der Waals surface area contributed by atoms with E-state index in [2.05, 4.69) is 6.92 Å². The zero-order chi connectivity index (χ0) is 28.0. The number of hydrogen-bond donors (Lipinski definition) is 16. The Morgan fingerprint density at radius 3 is 0.688 bits per heavy atom. The molecule has 0 aromatic carbocycles. The number of unbranched alkanes of at least 4 members (excludes halogenated alkanes) is 3. The second kappa shape index (κ2) is 23.3. The molecule has 32 heavy (non-hydrogen) atoms. The quantitative estimate of drug-likeness (QED) is 0.113. The van der Waals surface area contributed by atoms with Gasteiger partial charge in [0.1, 0.15) is 0 Å². The Morgan fingerprint density at radius 2 is 0.594 bits per heavy atom. The van der Waals surface area contributed by atoms with Crippen LogP contribution in [0.5, 0.6) is 0 Å². The summed E-state index contributed by atoms with van der Waals surface area (Å²) in [6.45, 7) is 3.07. The van der Waals surface area contributed by atoms with E-state index in [0.717, 1.165) is 6.54 Å². The molecule has 0 unspecified atom stereocenters. The molecular weight excluding hydrogens is 561 g/mol. The van der Waals surface area contributed by atoms with Crippen LogP contribution in [0.25, 0.3) is 0 Å². The van der Waals surface area contributed by atoms with Crippen molar-refractivity contribution in [1.29, 1.82) is 0 Å². The van der Waals surface area contributed by atoms with Crippen molar-refractivity contribution in [3.8, 4) is 0 Å². The maximum absolute atomic E-state index is 8.88. The monoisotopic (exact) mass is 591 g/mol. The highest BCUT2D eigenvalue weighted by Gasteiger charge is 2.01. The molecule has 0 atom stereocenters. The number of rotatable bonds is 4. The predicted molar refractivity (Wildman–Crippen MR) is 105 cm³/mol. The topological polar surface area (TPSA) is 415 Å². The van der Waals surface area contributed by atoms with E-state index in [1.165, 1.54) is 25.7 Å². The van der Waals surface area contributed by atoms with E-state index < -0.39 is 39.1 Å². The Bertz CT molecular complexity index is 461. The van der Waals surface area contributed by atoms with Gasteiger partial charge in [0.05, 0.1) is 0 Å². The van der Waals surface area contributed by atoms with Gasteiger partial charge in [0, 0.05) is 0 Å². The van der Waals surface area contributed by atoms with E-state index in [9.17, 15) is 0 Å². The largest absolute Gasteiger partial charge is 0.466 e. The van der Waals surface area contributed by atoms with Crippen LogP contribution in [0.2, 0.25) is 0 Å². The highest BCUT2D eigenvalue weighted by Crippen LogP contribution is 2.27. The summed E-state index contributed by atoms with van der Waals surface area (Å²) in [6.07, 6.45) is 5.16. The van der Waals surface area contributed by atoms with Gasteiger partial charge >= 0.3 is 39.1 Å². The standard InChI is InChI=1S/C6H15N.5H3O4P/c1-2-3-4-5-6-7;5*1-5(2,3)4/h2-7H2,1H3;5*(H3,1,2,3,4). The first-order valence-corrected chi connectivity index (χ1v) is 14.9. The molecule has 204 valence electrons. The van der Waals surface area contributed by atoms with Crippen molar-refractivity contribution in [2.45, 2.75) is 32.6 Å². The minimum Gasteiger partial charge on any atom is -0.330 e. The molecule has 0 saturated heterocycles. The second-order valence-electron chi connectivity index (χ2n) is 4.42. The molecule has 0 fully saturated rings. The molecule has 0 aliphatic carbocycles. The SMILES string of the molecule is CCCCCCN.O=P(O)(O)O.O=P(O)(O)O.O=P(O)(O)O.O=P(O)(O)O.O=P(O)(O)O. The van der Waals surface area contributed by atoms with Crippen molar-refractivity contribution in [2.75, 3.05) is 6.54 Å². The van der Waals surface area contributed by atoms with Crippen LogP contribution in [-0.4, -0.2) is 79.9 Å². The summed E-state index contributed by atoms with van der Waals surface area (Å²) >= 11 is 0. The fraction of sp³-hybridized carbons (Fsp3) is 1.00. The molecule has 0 rings (SSSR count). The second-order valence-corrected chi connectivity index (χ2v) is 9.55. The van der Waals surface area contributed by atoms with Crippen LogP contribution in [0.15, 0.2) is 0 Å². The predicted octanol–water partition coefficient (Wildman–Crippen LogP) is -3.12. The summed E-state index contributed by atoms with van der Waals surface area (Å²) in [4.78, 5) is 108. The lowest BCUT2D eigenvalue weighted by Crippen LogP contribution is -1.97. The molecule has 21 nitrogen and oxygen atoms in total. The average molecular weight is 591 g/mol. The third kappa shape index (κ3) is 1310. The van der Waals surface area contributed by atoms with E-state index in [1.54, 1.807) is 0 Å². The summed E-state index contributed by atoms with van der Waals surface area (Å²) in [7, 11) is -23.2. The van der Waals surface area contributed by atoms with Crippen LogP contribution >= 0.6 is 39.1 Å². The molecule has 0 bridgehead atoms. The van der Waals surface area contributed by atoms with Gasteiger partial charge in [-0.25, -0.2) is 22.8 Å². The lowest BCUT2D eigenvalue weighted by Gasteiger charge is -1.90. The van der Waals surface area contributed by atoms with Gasteiger partial charge in [-0.3, -0.25) is 0 Å². The van der Waals surface area contributed by atoms with Gasteiger partial charge in [0.25, 0.3) is 0 Å². The van der Waals surface area contributed by atoms with Gasteiger partial charge in [-0.05, 0) is 13.0 Å². The van der Waals surface area contributed by atoms with Gasteiger partial charge in [-0.2, -0.15) is 0 Å². The zero-order valence-electron chi connectivity index (χ0n) is 16.1. The minimum atomic E-state index is -4.64. The molecule has 0 aliphatic heterocycles. The van der Waals surface area contributed by atoms with E-state index in [-0.39, 0.29) is 0 Å². The van der Waals surface area contributed by atoms with E-state index in [4.69, 9.17) is 102 Å². The third-order valence-electron chi connectivity index (χ3n) is 1.06. The normalized spacial score (nSPS) is 11.3. The number of nitrogens with two attached hydrogens (primary N) is 1. The molecule has 26 heteroatoms. The first kappa shape index (κ1) is 45.9. The summed E-state index contributed by atoms with van der Waals surface area (Å²) in [5.41, 5.74) is 5.27. The van der Waals surface area contributed by atoms with Crippen LogP contribution < -0.4 is 5.73 Å². The van der Waals surface area contributed by atoms with Gasteiger partial charge in [-0.15, -0.1) is 0 Å². The van der Waals surface area contributed by atoms with Crippen molar-refractivity contribution in [3.05, 3.63) is 0 Å². The van der Waals surface area contributed by atoms with Crippen LogP contribution in [0.1, 0.15) is 32.6 Å². The molecule has 0 aromatic rings. The maximum atomic E-state index is 8.88. The Morgan fingerprint density at radius 1 is 0.438 bits per heavy atom. The summed E-state index contributed by atoms with van der Waals surface area (Å²) < 4.78 is 44.4. The fourth-order valence-electron chi connectivity index (χ4n) is 0.571. The minimum absolute atomic E-state index is 0.861. The van der Waals surface area contributed by atoms with Crippen molar-refractivity contribution >= 4 is 39.1 Å². The van der Waals surface area contributed by atoms with Crippen LogP contribution in [0, 0.1) is 0 Å². The molecule has 0 saturated carbocycles. The lowest BCUT2D eigenvalue weighted by molar-refractivity contribution is 0.272. The Balaban J connectivity index is -0.0000000637. The van der Waals surface area contributed by atoms with Gasteiger partial charge < -0.3 is 79.1 Å². The average Bonchev–Trinajstić information content (AvgIpc) is 2.28. The lowest BCUT2D eigenvalue weighted by atomic mass is 10.2. The summed E-state index contributed by atoms with van der Waals surface area (Å²) in [5.74, 6) is 0. The van der Waals surface area contributed by atoms with Crippen molar-refractivity contribution in [1.82, 2.24) is 0 Å².